The van der Waals surface area contributed by atoms with Crippen LogP contribution >= 0.6 is 0 Å². The number of benzene rings is 3. The summed E-state index contributed by atoms with van der Waals surface area (Å²) in [6, 6.07) is 23.8. The van der Waals surface area contributed by atoms with Crippen molar-refractivity contribution in [1.82, 2.24) is 4.98 Å². The van der Waals surface area contributed by atoms with Gasteiger partial charge in [-0.2, -0.15) is 0 Å². The average molecular weight is 357 g/mol. The largest absolute Gasteiger partial charge is 0.481 e. The lowest BCUT2D eigenvalue weighted by Gasteiger charge is -2.11. The lowest BCUT2D eigenvalue weighted by atomic mass is 10.0. The Morgan fingerprint density at radius 2 is 1.67 bits per heavy atom. The van der Waals surface area contributed by atoms with Crippen LogP contribution in [0.3, 0.4) is 0 Å². The van der Waals surface area contributed by atoms with E-state index >= 15 is 0 Å². The van der Waals surface area contributed by atoms with Crippen molar-refractivity contribution in [2.24, 2.45) is 0 Å². The van der Waals surface area contributed by atoms with Gasteiger partial charge in [0.15, 0.2) is 0 Å². The second-order valence-electron chi connectivity index (χ2n) is 6.33. The number of pyridine rings is 1. The summed E-state index contributed by atoms with van der Waals surface area (Å²) < 4.78 is 10.9. The summed E-state index contributed by atoms with van der Waals surface area (Å²) in [5.74, 6) is 0.212. The van der Waals surface area contributed by atoms with Gasteiger partial charge in [-0.25, -0.2) is 4.98 Å². The van der Waals surface area contributed by atoms with Crippen LogP contribution in [0.15, 0.2) is 72.8 Å². The second-order valence-corrected chi connectivity index (χ2v) is 6.33. The van der Waals surface area contributed by atoms with E-state index in [1.807, 2.05) is 54.6 Å². The van der Waals surface area contributed by atoms with E-state index in [9.17, 15) is 4.79 Å². The molecule has 0 atom stereocenters. The van der Waals surface area contributed by atoms with Crippen LogP contribution in [0.4, 0.5) is 0 Å². The van der Waals surface area contributed by atoms with Gasteiger partial charge in [-0.1, -0.05) is 66.7 Å². The Balaban J connectivity index is 1.61. The number of carbonyl (C=O) groups is 1. The molecule has 1 heterocycles. The third kappa shape index (κ3) is 3.60. The van der Waals surface area contributed by atoms with Crippen LogP contribution in [0.25, 0.3) is 21.5 Å². The third-order valence-electron chi connectivity index (χ3n) is 4.50. The normalized spacial score (nSPS) is 10.9. The predicted molar refractivity (Wildman–Crippen MR) is 106 cm³/mol. The minimum absolute atomic E-state index is 0.103. The summed E-state index contributed by atoms with van der Waals surface area (Å²) in [5, 5.41) is 4.15. The molecule has 1 aromatic heterocycles. The van der Waals surface area contributed by atoms with Crippen LogP contribution in [-0.4, -0.2) is 18.1 Å². The summed E-state index contributed by atoms with van der Waals surface area (Å²) in [5.41, 5.74) is 1.59. The van der Waals surface area contributed by atoms with Crippen LogP contribution in [-0.2, 0) is 22.6 Å². The molecule has 4 nitrogen and oxygen atoms in total. The maximum Gasteiger partial charge on any atom is 0.312 e. The van der Waals surface area contributed by atoms with Gasteiger partial charge in [-0.05, 0) is 27.8 Å². The zero-order valence-corrected chi connectivity index (χ0v) is 15.0. The Kier molecular flexibility index (Phi) is 4.71. The van der Waals surface area contributed by atoms with Gasteiger partial charge in [0.05, 0.1) is 24.6 Å². The summed E-state index contributed by atoms with van der Waals surface area (Å²) in [6.07, 6.45) is 0.103. The van der Waals surface area contributed by atoms with Crippen molar-refractivity contribution in [3.63, 3.8) is 0 Å². The molecule has 27 heavy (non-hydrogen) atoms. The molecule has 0 saturated heterocycles. The molecule has 0 aliphatic carbocycles. The highest BCUT2D eigenvalue weighted by molar-refractivity contribution is 6.10. The number of ether oxygens (including phenoxy) is 2. The van der Waals surface area contributed by atoms with E-state index in [2.05, 4.69) is 23.2 Å². The van der Waals surface area contributed by atoms with Crippen molar-refractivity contribution in [2.45, 2.75) is 13.0 Å². The van der Waals surface area contributed by atoms with Crippen molar-refractivity contribution >= 4 is 27.5 Å². The first-order chi connectivity index (χ1) is 13.2. The monoisotopic (exact) mass is 357 g/mol. The van der Waals surface area contributed by atoms with E-state index in [4.69, 9.17) is 9.47 Å². The van der Waals surface area contributed by atoms with Crippen LogP contribution in [0.1, 0.15) is 11.3 Å². The van der Waals surface area contributed by atoms with Gasteiger partial charge in [0.25, 0.3) is 0 Å². The standard InChI is InChI=1S/C23H19NO3/c1-26-23-22-18(12-11-17-9-5-6-10-20(17)22)13-19(24-23)14-21(25)27-15-16-7-3-2-4-8-16/h2-13H,14-15H2,1H3. The summed E-state index contributed by atoms with van der Waals surface area (Å²) in [6.45, 7) is 0.259. The highest BCUT2D eigenvalue weighted by Gasteiger charge is 2.13. The minimum Gasteiger partial charge on any atom is -0.481 e. The Labute approximate surface area is 157 Å². The number of rotatable bonds is 5. The molecular formula is C23H19NO3. The topological polar surface area (TPSA) is 48.4 Å². The van der Waals surface area contributed by atoms with E-state index in [-0.39, 0.29) is 19.0 Å². The van der Waals surface area contributed by atoms with Gasteiger partial charge in [-0.15, -0.1) is 0 Å². The molecule has 0 amide bonds. The first-order valence-electron chi connectivity index (χ1n) is 8.79. The average Bonchev–Trinajstić information content (AvgIpc) is 2.72. The van der Waals surface area contributed by atoms with Crippen molar-refractivity contribution < 1.29 is 14.3 Å². The molecule has 4 heteroatoms. The van der Waals surface area contributed by atoms with Crippen molar-refractivity contribution in [3.8, 4) is 5.88 Å². The Bertz CT molecular complexity index is 1110. The van der Waals surface area contributed by atoms with Crippen LogP contribution < -0.4 is 4.74 Å². The van der Waals surface area contributed by atoms with Crippen molar-refractivity contribution in [2.75, 3.05) is 7.11 Å². The molecule has 0 unspecified atom stereocenters. The van der Waals surface area contributed by atoms with E-state index < -0.39 is 0 Å². The molecule has 0 aliphatic rings. The number of aromatic nitrogens is 1. The lowest BCUT2D eigenvalue weighted by molar-refractivity contribution is -0.144. The highest BCUT2D eigenvalue weighted by atomic mass is 16.5. The van der Waals surface area contributed by atoms with Crippen LogP contribution in [0, 0.1) is 0 Å². The number of nitrogens with zero attached hydrogens (tertiary/aromatic N) is 1. The quantitative estimate of drug-likeness (QED) is 0.384. The maximum atomic E-state index is 12.2. The molecule has 4 rings (SSSR count). The molecule has 0 radical (unpaired) electrons. The number of esters is 1. The predicted octanol–water partition coefficient (Wildman–Crippen LogP) is 4.68. The van der Waals surface area contributed by atoms with E-state index in [0.717, 1.165) is 27.1 Å². The molecular weight excluding hydrogens is 338 g/mol. The smallest absolute Gasteiger partial charge is 0.312 e. The van der Waals surface area contributed by atoms with Gasteiger partial charge < -0.3 is 9.47 Å². The van der Waals surface area contributed by atoms with Gasteiger partial charge in [0, 0.05) is 0 Å². The Hall–Kier alpha value is -3.40. The SMILES string of the molecule is COc1nc(CC(=O)OCc2ccccc2)cc2ccc3ccccc3c12. The second kappa shape index (κ2) is 7.46. The zero-order valence-electron chi connectivity index (χ0n) is 15.0. The lowest BCUT2D eigenvalue weighted by Crippen LogP contribution is -2.09. The number of fused-ring (bicyclic) bond motifs is 3. The number of hydrogen-bond donors (Lipinski definition) is 0. The molecule has 0 spiro atoms. The number of hydrogen-bond acceptors (Lipinski definition) is 4. The van der Waals surface area contributed by atoms with Crippen LogP contribution in [0.2, 0.25) is 0 Å². The van der Waals surface area contributed by atoms with Gasteiger partial charge in [0.1, 0.15) is 6.61 Å². The van der Waals surface area contributed by atoms with Gasteiger partial charge in [-0.3, -0.25) is 4.79 Å². The molecule has 134 valence electrons. The van der Waals surface area contributed by atoms with Gasteiger partial charge >= 0.3 is 5.97 Å². The van der Waals surface area contributed by atoms with E-state index in [0.29, 0.717) is 11.6 Å². The summed E-state index contributed by atoms with van der Waals surface area (Å²) >= 11 is 0. The molecule has 3 aromatic carbocycles. The Morgan fingerprint density at radius 1 is 0.926 bits per heavy atom. The fourth-order valence-corrected chi connectivity index (χ4v) is 3.22. The van der Waals surface area contributed by atoms with Gasteiger partial charge in [0.2, 0.25) is 5.88 Å². The fourth-order valence-electron chi connectivity index (χ4n) is 3.22. The summed E-state index contributed by atoms with van der Waals surface area (Å²) in [4.78, 5) is 16.8. The van der Waals surface area contributed by atoms with Crippen molar-refractivity contribution in [1.29, 1.82) is 0 Å². The van der Waals surface area contributed by atoms with Crippen molar-refractivity contribution in [3.05, 3.63) is 84.1 Å². The third-order valence-corrected chi connectivity index (χ3v) is 4.50. The molecule has 0 bridgehead atoms. The Morgan fingerprint density at radius 3 is 2.48 bits per heavy atom. The zero-order chi connectivity index (χ0) is 18.6. The van der Waals surface area contributed by atoms with E-state index in [1.165, 1.54) is 0 Å². The maximum absolute atomic E-state index is 12.2. The minimum atomic E-state index is -0.312. The molecule has 0 saturated carbocycles. The first-order valence-corrected chi connectivity index (χ1v) is 8.79. The molecule has 0 aliphatic heterocycles. The molecule has 0 N–H and O–H groups in total. The summed E-state index contributed by atoms with van der Waals surface area (Å²) in [7, 11) is 1.60. The van der Waals surface area contributed by atoms with E-state index in [1.54, 1.807) is 7.11 Å². The molecule has 4 aromatic rings. The van der Waals surface area contributed by atoms with Crippen LogP contribution in [0.5, 0.6) is 5.88 Å². The fraction of sp³-hybridized carbons (Fsp3) is 0.130. The first kappa shape index (κ1) is 17.0. The highest BCUT2D eigenvalue weighted by Crippen LogP contribution is 2.32. The number of methoxy groups -OCH3 is 1. The molecule has 0 fully saturated rings. The number of carbonyl (C=O) groups excluding carboxylic acids is 1.